The molecule has 0 aromatic rings. The molecule has 31 nitrogen and oxygen atoms in total. The summed E-state index contributed by atoms with van der Waals surface area (Å²) in [6.45, 7) is 3.12. The van der Waals surface area contributed by atoms with Gasteiger partial charge < -0.3 is 144 Å². The van der Waals surface area contributed by atoms with Crippen molar-refractivity contribution in [2.45, 2.75) is 244 Å². The van der Waals surface area contributed by atoms with E-state index >= 15 is 0 Å². The molecule has 6 heterocycles. The minimum Gasteiger partial charge on any atom is -0.394 e. The first-order valence-electron chi connectivity index (χ1n) is 25.8. The lowest BCUT2D eigenvalue weighted by atomic mass is 9.93. The third-order valence-corrected chi connectivity index (χ3v) is 14.4. The van der Waals surface area contributed by atoms with Crippen molar-refractivity contribution in [3.63, 3.8) is 0 Å². The number of aliphatic hydroxyl groups is 15. The van der Waals surface area contributed by atoms with E-state index in [1.807, 2.05) is 6.92 Å². The summed E-state index contributed by atoms with van der Waals surface area (Å²) < 4.78 is 72.4. The van der Waals surface area contributed by atoms with Crippen LogP contribution < -0.4 is 10.6 Å². The monoisotopic (exact) mass is 1120 g/mol. The van der Waals surface area contributed by atoms with Gasteiger partial charge >= 0.3 is 0 Å². The summed E-state index contributed by atoms with van der Waals surface area (Å²) in [5.41, 5.74) is 0. The number of nitrogens with one attached hydrogen (secondary N) is 2. The van der Waals surface area contributed by atoms with Gasteiger partial charge in [-0.25, -0.2) is 0 Å². The van der Waals surface area contributed by atoms with E-state index in [2.05, 4.69) is 10.6 Å². The quantitative estimate of drug-likeness (QED) is 0.0448. The SMILES string of the molecule is CCCCCCO[C@@H]1O[C@H](CO)[C@@H](O[C@@H]2O[C@H](CO)[C@H](O)[C@H](O[C@@H]3O[C@H](CO)[C@@H](O[C@@H]4O[C@@H](C)[C@@H](O)[C@@H](O)[C@@H]4O)[C@H](O[C@@H]4O[C@H](CO)[C@H](O)[C@H](O)[C@H]4O)[C@H]3NC(C)=O)[C@H]2O)[C@H](O[C@@H]2O[C@@H](C)[C@@H](O)[C@@H](O)[C@@H]2O)[C@H]1NC(C)=O. The molecule has 6 aliphatic heterocycles. The summed E-state index contributed by atoms with van der Waals surface area (Å²) >= 11 is 0. The summed E-state index contributed by atoms with van der Waals surface area (Å²) in [5, 5.41) is 168. The van der Waals surface area contributed by atoms with Crippen LogP contribution in [0.5, 0.6) is 0 Å². The highest BCUT2D eigenvalue weighted by molar-refractivity contribution is 5.73. The summed E-state index contributed by atoms with van der Waals surface area (Å²) in [6.07, 6.45) is -47.1. The second-order valence-electron chi connectivity index (χ2n) is 20.1. The Balaban J connectivity index is 1.36. The molecule has 6 fully saturated rings. The van der Waals surface area contributed by atoms with Crippen molar-refractivity contribution in [3.8, 4) is 0 Å². The van der Waals surface area contributed by atoms with Crippen molar-refractivity contribution in [3.05, 3.63) is 0 Å². The first kappa shape index (κ1) is 64.0. The number of amides is 2. The average molecular weight is 1130 g/mol. The van der Waals surface area contributed by atoms with Crippen molar-refractivity contribution in [2.75, 3.05) is 33.0 Å². The summed E-state index contributed by atoms with van der Waals surface area (Å²) in [7, 11) is 0. The van der Waals surface area contributed by atoms with Gasteiger partial charge in [-0.3, -0.25) is 9.59 Å². The van der Waals surface area contributed by atoms with Gasteiger partial charge in [-0.15, -0.1) is 0 Å². The molecular weight excluding hydrogens is 1040 g/mol. The molecule has 30 atom stereocenters. The number of ether oxygens (including phenoxy) is 12. The average Bonchev–Trinajstić information content (AvgIpc) is 3.41. The largest absolute Gasteiger partial charge is 0.394 e. The van der Waals surface area contributed by atoms with E-state index in [-0.39, 0.29) is 6.61 Å². The molecule has 0 aliphatic carbocycles. The van der Waals surface area contributed by atoms with Crippen LogP contribution in [-0.2, 0) is 66.4 Å². The van der Waals surface area contributed by atoms with Crippen LogP contribution in [0.2, 0.25) is 0 Å². The zero-order valence-corrected chi connectivity index (χ0v) is 43.1. The first-order chi connectivity index (χ1) is 36.5. The van der Waals surface area contributed by atoms with Crippen molar-refractivity contribution in [1.82, 2.24) is 10.6 Å². The molecule has 0 bridgehead atoms. The third-order valence-electron chi connectivity index (χ3n) is 14.4. The number of hydrogen-bond acceptors (Lipinski definition) is 29. The molecule has 0 saturated carbocycles. The number of aliphatic hydroxyl groups excluding tert-OH is 15. The molecule has 0 aromatic carbocycles. The zero-order valence-electron chi connectivity index (χ0n) is 43.1. The van der Waals surface area contributed by atoms with Gasteiger partial charge in [-0.05, 0) is 20.3 Å². The zero-order chi connectivity index (χ0) is 56.7. The van der Waals surface area contributed by atoms with Crippen LogP contribution in [0.4, 0.5) is 0 Å². The van der Waals surface area contributed by atoms with E-state index in [1.54, 1.807) is 0 Å². The van der Waals surface area contributed by atoms with E-state index in [1.165, 1.54) is 13.8 Å². The van der Waals surface area contributed by atoms with Crippen LogP contribution in [-0.4, -0.2) is 306 Å². The Labute approximate surface area is 442 Å². The topological polar surface area (TPSA) is 472 Å². The second kappa shape index (κ2) is 28.7. The van der Waals surface area contributed by atoms with Gasteiger partial charge in [0.05, 0.1) is 38.6 Å². The van der Waals surface area contributed by atoms with Crippen LogP contribution in [0.15, 0.2) is 0 Å². The normalized spacial score (nSPS) is 47.8. The van der Waals surface area contributed by atoms with Crippen molar-refractivity contribution < 1.29 is 143 Å². The predicted molar refractivity (Wildman–Crippen MR) is 247 cm³/mol. The number of unbranched alkanes of at least 4 members (excludes halogenated alkanes) is 3. The molecule has 0 aromatic heterocycles. The molecule has 0 radical (unpaired) electrons. The van der Waals surface area contributed by atoms with Gasteiger partial charge in [-0.2, -0.15) is 0 Å². The molecule has 31 heteroatoms. The fourth-order valence-electron chi connectivity index (χ4n) is 10.0. The van der Waals surface area contributed by atoms with E-state index in [0.717, 1.165) is 33.1 Å². The fourth-order valence-corrected chi connectivity index (χ4v) is 10.0. The van der Waals surface area contributed by atoms with Gasteiger partial charge in [-0.1, -0.05) is 26.2 Å². The number of rotatable bonds is 22. The minimum absolute atomic E-state index is 0.0884. The molecule has 77 heavy (non-hydrogen) atoms. The van der Waals surface area contributed by atoms with E-state index in [9.17, 15) is 86.2 Å². The third kappa shape index (κ3) is 14.7. The Bertz CT molecular complexity index is 1820. The molecule has 6 rings (SSSR count). The maximum atomic E-state index is 13.1. The number of hydrogen-bond donors (Lipinski definition) is 17. The van der Waals surface area contributed by atoms with Crippen LogP contribution in [0.25, 0.3) is 0 Å². The van der Waals surface area contributed by atoms with E-state index in [4.69, 9.17) is 56.8 Å². The van der Waals surface area contributed by atoms with Gasteiger partial charge in [0.15, 0.2) is 37.7 Å². The van der Waals surface area contributed by atoms with Gasteiger partial charge in [0.2, 0.25) is 11.8 Å². The molecule has 6 saturated heterocycles. The highest BCUT2D eigenvalue weighted by Crippen LogP contribution is 2.38. The standard InChI is InChI=1S/C46H80N2O29/c1-6-7-8-9-10-66-41-23(47-17(4)53)38(75-44-33(63)30(60)26(56)16(3)68-44)36(21(13-51)71-41)74-46-35(65)40(28(58)20(12-50)70-46)77-42-24(48-18(5)54)39(76-45-34(64)31(61)27(57)19(11-49)69-45)37(22(14-52)72-42)73-43-32(62)29(59)25(55)15(2)67-43/h15-16,19-46,49-52,55-65H,6-14H2,1-5H3,(H,47,53)(H,48,54)/t15-,16-,19+,20+,21+,22+,23+,24+,25+,26+,27-,28-,29+,30+,31-,32-,33-,34+,35+,36+,37+,38+,39+,40-,41+,42-,43-,44-,45-,46-/m0/s1. The number of carbonyl (C=O) groups excluding carboxylic acids is 2. The Kier molecular flexibility index (Phi) is 23.9. The lowest BCUT2D eigenvalue weighted by molar-refractivity contribution is -0.394. The van der Waals surface area contributed by atoms with Crippen LogP contribution in [0.3, 0.4) is 0 Å². The molecule has 0 spiro atoms. The summed E-state index contributed by atoms with van der Waals surface area (Å²) in [4.78, 5) is 26.0. The second-order valence-corrected chi connectivity index (χ2v) is 20.1. The fraction of sp³-hybridized carbons (Fsp3) is 0.957. The Morgan fingerprint density at radius 1 is 0.390 bits per heavy atom. The van der Waals surface area contributed by atoms with Crippen molar-refractivity contribution in [1.29, 1.82) is 0 Å². The lowest BCUT2D eigenvalue weighted by Gasteiger charge is -2.52. The van der Waals surface area contributed by atoms with E-state index < -0.39 is 222 Å². The molecule has 2 amide bonds. The Morgan fingerprint density at radius 3 is 1.19 bits per heavy atom. The molecular formula is C46H80N2O29. The van der Waals surface area contributed by atoms with Crippen LogP contribution in [0, 0.1) is 0 Å². The predicted octanol–water partition coefficient (Wildman–Crippen LogP) is -9.15. The van der Waals surface area contributed by atoms with E-state index in [0.29, 0.717) is 6.42 Å². The molecule has 6 aliphatic rings. The Morgan fingerprint density at radius 2 is 0.753 bits per heavy atom. The highest BCUT2D eigenvalue weighted by Gasteiger charge is 2.59. The van der Waals surface area contributed by atoms with Crippen molar-refractivity contribution >= 4 is 11.8 Å². The lowest BCUT2D eigenvalue weighted by Crippen LogP contribution is -2.71. The smallest absolute Gasteiger partial charge is 0.217 e. The van der Waals surface area contributed by atoms with Gasteiger partial charge in [0.1, 0.15) is 134 Å². The molecule has 17 N–H and O–H groups in total. The summed E-state index contributed by atoms with van der Waals surface area (Å²) in [5.74, 6) is -1.52. The first-order valence-corrected chi connectivity index (χ1v) is 25.8. The summed E-state index contributed by atoms with van der Waals surface area (Å²) in [6, 6.07) is -3.21. The van der Waals surface area contributed by atoms with Gasteiger partial charge in [0, 0.05) is 20.5 Å². The van der Waals surface area contributed by atoms with Crippen LogP contribution >= 0.6 is 0 Å². The highest BCUT2D eigenvalue weighted by atomic mass is 16.8. The van der Waals surface area contributed by atoms with Crippen LogP contribution in [0.1, 0.15) is 60.3 Å². The number of carbonyl (C=O) groups is 2. The maximum Gasteiger partial charge on any atom is 0.217 e. The maximum absolute atomic E-state index is 13.1. The van der Waals surface area contributed by atoms with Gasteiger partial charge in [0.25, 0.3) is 0 Å². The molecule has 448 valence electrons. The minimum atomic E-state index is -2.22. The molecule has 0 unspecified atom stereocenters. The van der Waals surface area contributed by atoms with Crippen molar-refractivity contribution in [2.24, 2.45) is 0 Å². The Hall–Kier alpha value is -2.14.